The third-order valence-corrected chi connectivity index (χ3v) is 5.92. The van der Waals surface area contributed by atoms with Crippen molar-refractivity contribution < 1.29 is 8.42 Å². The van der Waals surface area contributed by atoms with Crippen LogP contribution in [0.2, 0.25) is 5.02 Å². The Labute approximate surface area is 169 Å². The minimum atomic E-state index is -3.63. The van der Waals surface area contributed by atoms with Gasteiger partial charge in [0.15, 0.2) is 5.82 Å². The molecule has 0 fully saturated rings. The highest BCUT2D eigenvalue weighted by atomic mass is 35.5. The van der Waals surface area contributed by atoms with Crippen LogP contribution >= 0.6 is 11.6 Å². The largest absolute Gasteiger partial charge is 0.369 e. The van der Waals surface area contributed by atoms with E-state index >= 15 is 0 Å². The molecular formula is C18H21ClN6O2S. The summed E-state index contributed by atoms with van der Waals surface area (Å²) in [7, 11) is -3.63. The predicted molar refractivity (Wildman–Crippen MR) is 108 cm³/mol. The van der Waals surface area contributed by atoms with Crippen LogP contribution in [0.3, 0.4) is 0 Å². The summed E-state index contributed by atoms with van der Waals surface area (Å²) >= 11 is 6.01. The molecule has 0 aliphatic heterocycles. The Kier molecular flexibility index (Phi) is 5.97. The van der Waals surface area contributed by atoms with Crippen molar-refractivity contribution in [2.75, 3.05) is 18.4 Å². The van der Waals surface area contributed by atoms with Crippen molar-refractivity contribution in [1.82, 2.24) is 24.5 Å². The molecule has 0 amide bonds. The predicted octanol–water partition coefficient (Wildman–Crippen LogP) is 2.63. The van der Waals surface area contributed by atoms with E-state index in [1.807, 2.05) is 26.8 Å². The Hall–Kier alpha value is -2.49. The molecule has 0 bridgehead atoms. The third-order valence-electron chi connectivity index (χ3n) is 4.06. The SMILES string of the molecule is Cc1cc(C)n(-c2cc(NCCNS(=O)(=O)c3ccc(C)c(Cl)c3)ncn2)n1. The summed E-state index contributed by atoms with van der Waals surface area (Å²) in [6, 6.07) is 8.37. The second-order valence-electron chi connectivity index (χ2n) is 6.34. The maximum absolute atomic E-state index is 12.4. The van der Waals surface area contributed by atoms with Crippen LogP contribution in [0.4, 0.5) is 5.82 Å². The number of aromatic nitrogens is 4. The lowest BCUT2D eigenvalue weighted by Crippen LogP contribution is -2.29. The Balaban J connectivity index is 1.60. The molecule has 0 atom stereocenters. The van der Waals surface area contributed by atoms with Crippen molar-refractivity contribution in [3.8, 4) is 5.82 Å². The molecule has 1 aromatic carbocycles. The van der Waals surface area contributed by atoms with E-state index in [0.29, 0.717) is 23.2 Å². The molecule has 148 valence electrons. The van der Waals surface area contributed by atoms with Crippen molar-refractivity contribution >= 4 is 27.4 Å². The number of hydrogen-bond acceptors (Lipinski definition) is 6. The highest BCUT2D eigenvalue weighted by Gasteiger charge is 2.14. The van der Waals surface area contributed by atoms with Crippen molar-refractivity contribution in [3.05, 3.63) is 58.6 Å². The highest BCUT2D eigenvalue weighted by molar-refractivity contribution is 7.89. The first-order chi connectivity index (χ1) is 13.3. The standard InChI is InChI=1S/C18H21ClN6O2S/c1-12-4-5-15(9-16(12)19)28(26,27)23-7-6-20-17-10-18(22-11-21-17)25-14(3)8-13(2)24-25/h4-5,8-11,23H,6-7H2,1-3H3,(H,20,21,22). The van der Waals surface area contributed by atoms with Gasteiger partial charge in [0.05, 0.1) is 10.6 Å². The molecule has 28 heavy (non-hydrogen) atoms. The summed E-state index contributed by atoms with van der Waals surface area (Å²) in [5.74, 6) is 1.22. The summed E-state index contributed by atoms with van der Waals surface area (Å²) in [4.78, 5) is 8.52. The smallest absolute Gasteiger partial charge is 0.240 e. The first-order valence-corrected chi connectivity index (χ1v) is 10.5. The minimum Gasteiger partial charge on any atom is -0.369 e. The molecule has 3 aromatic rings. The fourth-order valence-corrected chi connectivity index (χ4v) is 3.92. The van der Waals surface area contributed by atoms with Gasteiger partial charge in [-0.05, 0) is 44.5 Å². The molecule has 10 heteroatoms. The van der Waals surface area contributed by atoms with Gasteiger partial charge in [-0.25, -0.2) is 27.8 Å². The second kappa shape index (κ2) is 8.26. The summed E-state index contributed by atoms with van der Waals surface area (Å²) in [5.41, 5.74) is 2.69. The zero-order valence-electron chi connectivity index (χ0n) is 15.8. The Morgan fingerprint density at radius 1 is 1.07 bits per heavy atom. The van der Waals surface area contributed by atoms with E-state index < -0.39 is 10.0 Å². The van der Waals surface area contributed by atoms with Crippen molar-refractivity contribution in [3.63, 3.8) is 0 Å². The lowest BCUT2D eigenvalue weighted by Gasteiger charge is -2.10. The molecule has 0 radical (unpaired) electrons. The number of rotatable bonds is 7. The zero-order chi connectivity index (χ0) is 20.3. The van der Waals surface area contributed by atoms with E-state index in [4.69, 9.17) is 11.6 Å². The lowest BCUT2D eigenvalue weighted by atomic mass is 10.2. The number of halogens is 1. The normalized spacial score (nSPS) is 11.6. The van der Waals surface area contributed by atoms with Crippen LogP contribution in [0, 0.1) is 20.8 Å². The van der Waals surface area contributed by atoms with E-state index in [0.717, 1.165) is 17.0 Å². The highest BCUT2D eigenvalue weighted by Crippen LogP contribution is 2.19. The fraction of sp³-hybridized carbons (Fsp3) is 0.278. The summed E-state index contributed by atoms with van der Waals surface area (Å²) < 4.78 is 29.0. The molecule has 0 saturated heterocycles. The molecular weight excluding hydrogens is 400 g/mol. The molecule has 0 aliphatic rings. The first-order valence-electron chi connectivity index (χ1n) is 8.61. The monoisotopic (exact) mass is 420 g/mol. The van der Waals surface area contributed by atoms with Crippen molar-refractivity contribution in [2.24, 2.45) is 0 Å². The number of benzene rings is 1. The summed E-state index contributed by atoms with van der Waals surface area (Å²) in [6.07, 6.45) is 1.44. The van der Waals surface area contributed by atoms with Gasteiger partial charge in [0, 0.05) is 29.9 Å². The van der Waals surface area contributed by atoms with Gasteiger partial charge in [0.25, 0.3) is 0 Å². The number of nitrogens with one attached hydrogen (secondary N) is 2. The van der Waals surface area contributed by atoms with Crippen LogP contribution in [0.15, 0.2) is 41.6 Å². The topological polar surface area (TPSA) is 102 Å². The Morgan fingerprint density at radius 3 is 2.54 bits per heavy atom. The Morgan fingerprint density at radius 2 is 1.86 bits per heavy atom. The Bertz CT molecular complexity index is 1100. The van der Waals surface area contributed by atoms with E-state index in [1.54, 1.807) is 16.8 Å². The van der Waals surface area contributed by atoms with Gasteiger partial charge in [-0.2, -0.15) is 5.10 Å². The molecule has 0 unspecified atom stereocenters. The van der Waals surface area contributed by atoms with Crippen LogP contribution in [0.1, 0.15) is 17.0 Å². The lowest BCUT2D eigenvalue weighted by molar-refractivity contribution is 0.583. The summed E-state index contributed by atoms with van der Waals surface area (Å²) in [6.45, 7) is 6.22. The van der Waals surface area contributed by atoms with Gasteiger partial charge in [0.2, 0.25) is 10.0 Å². The molecule has 2 heterocycles. The number of nitrogens with zero attached hydrogens (tertiary/aromatic N) is 4. The van der Waals surface area contributed by atoms with Gasteiger partial charge < -0.3 is 5.32 Å². The van der Waals surface area contributed by atoms with Crippen molar-refractivity contribution in [1.29, 1.82) is 0 Å². The molecule has 0 spiro atoms. The molecule has 8 nitrogen and oxygen atoms in total. The minimum absolute atomic E-state index is 0.136. The van der Waals surface area contributed by atoms with Crippen LogP contribution < -0.4 is 10.0 Å². The molecule has 2 N–H and O–H groups in total. The zero-order valence-corrected chi connectivity index (χ0v) is 17.3. The molecule has 0 aliphatic carbocycles. The maximum Gasteiger partial charge on any atom is 0.240 e. The molecule has 0 saturated carbocycles. The first kappa shape index (κ1) is 20.2. The molecule has 2 aromatic heterocycles. The van der Waals surface area contributed by atoms with Gasteiger partial charge >= 0.3 is 0 Å². The number of anilines is 1. The van der Waals surface area contributed by atoms with E-state index in [1.165, 1.54) is 18.5 Å². The quantitative estimate of drug-likeness (QED) is 0.570. The molecule has 3 rings (SSSR count). The van der Waals surface area contributed by atoms with Gasteiger partial charge in [-0.3, -0.25) is 0 Å². The summed E-state index contributed by atoms with van der Waals surface area (Å²) in [5, 5.41) is 7.89. The average Bonchev–Trinajstić information content (AvgIpc) is 2.99. The van der Waals surface area contributed by atoms with Crippen LogP contribution in [0.25, 0.3) is 5.82 Å². The van der Waals surface area contributed by atoms with E-state index in [-0.39, 0.29) is 11.4 Å². The number of sulfonamides is 1. The van der Waals surface area contributed by atoms with Crippen LogP contribution in [-0.2, 0) is 10.0 Å². The number of hydrogen-bond donors (Lipinski definition) is 2. The number of aryl methyl sites for hydroxylation is 3. The third kappa shape index (κ3) is 4.67. The van der Waals surface area contributed by atoms with Crippen molar-refractivity contribution in [2.45, 2.75) is 25.7 Å². The maximum atomic E-state index is 12.4. The van der Waals surface area contributed by atoms with Gasteiger partial charge in [-0.1, -0.05) is 17.7 Å². The van der Waals surface area contributed by atoms with Gasteiger partial charge in [-0.15, -0.1) is 0 Å². The second-order valence-corrected chi connectivity index (χ2v) is 8.51. The average molecular weight is 421 g/mol. The fourth-order valence-electron chi connectivity index (χ4n) is 2.62. The van der Waals surface area contributed by atoms with E-state index in [2.05, 4.69) is 25.1 Å². The van der Waals surface area contributed by atoms with Crippen LogP contribution in [-0.4, -0.2) is 41.3 Å². The van der Waals surface area contributed by atoms with Gasteiger partial charge in [0.1, 0.15) is 12.1 Å². The van der Waals surface area contributed by atoms with E-state index in [9.17, 15) is 8.42 Å². The van der Waals surface area contributed by atoms with Crippen LogP contribution in [0.5, 0.6) is 0 Å².